The fraction of sp³-hybridized carbons (Fsp3) is 0.892. The second kappa shape index (κ2) is 34.8. The summed E-state index contributed by atoms with van der Waals surface area (Å²) in [7, 11) is 0. The molecule has 0 spiro atoms. The summed E-state index contributed by atoms with van der Waals surface area (Å²) < 4.78 is 10.5. The third kappa shape index (κ3) is 28.7. The predicted octanol–water partition coefficient (Wildman–Crippen LogP) is 9.89. The van der Waals surface area contributed by atoms with Crippen molar-refractivity contribution in [1.82, 2.24) is 0 Å². The van der Waals surface area contributed by atoms with E-state index in [-0.39, 0.29) is 25.6 Å². The van der Waals surface area contributed by atoms with Crippen molar-refractivity contribution in [3.8, 4) is 0 Å². The summed E-state index contributed by atoms with van der Waals surface area (Å²) in [6.45, 7) is 3.90. The first-order chi connectivity index (χ1) is 22.5. The number of esters is 2. The summed E-state index contributed by atoms with van der Waals surface area (Å²) in [6.07, 6.45) is 28.2. The number of carbonyl (C=O) groups excluding carboxylic acids is 2. The zero-order valence-corrected chi connectivity index (χ0v) is 29.5. The molecule has 9 heteroatoms. The van der Waals surface area contributed by atoms with E-state index in [9.17, 15) is 25.2 Å². The fourth-order valence-electron chi connectivity index (χ4n) is 5.49. The van der Waals surface area contributed by atoms with Crippen LogP contribution in [-0.2, 0) is 28.8 Å². The summed E-state index contributed by atoms with van der Waals surface area (Å²) in [5.74, 6) is -0.729. The van der Waals surface area contributed by atoms with E-state index in [2.05, 4.69) is 29.7 Å². The van der Waals surface area contributed by atoms with Crippen molar-refractivity contribution in [2.45, 2.75) is 199 Å². The molecule has 0 bridgehead atoms. The normalized spacial score (nSPS) is 13.6. The molecule has 0 fully saturated rings. The van der Waals surface area contributed by atoms with Crippen molar-refractivity contribution >= 4 is 11.9 Å². The quantitative estimate of drug-likeness (QED) is 0.0200. The first-order valence-electron chi connectivity index (χ1n) is 18.7. The van der Waals surface area contributed by atoms with Gasteiger partial charge in [-0.25, -0.2) is 9.78 Å². The van der Waals surface area contributed by atoms with Gasteiger partial charge < -0.3 is 14.6 Å². The van der Waals surface area contributed by atoms with Gasteiger partial charge in [-0.15, -0.1) is 0 Å². The van der Waals surface area contributed by atoms with E-state index in [1.165, 1.54) is 77.0 Å². The van der Waals surface area contributed by atoms with E-state index in [1.54, 1.807) is 0 Å². The second-order valence-electron chi connectivity index (χ2n) is 12.8. The highest BCUT2D eigenvalue weighted by molar-refractivity contribution is 5.70. The van der Waals surface area contributed by atoms with Gasteiger partial charge in [-0.3, -0.25) is 20.1 Å². The van der Waals surface area contributed by atoms with Crippen molar-refractivity contribution in [1.29, 1.82) is 0 Å². The van der Waals surface area contributed by atoms with Crippen LogP contribution in [0.4, 0.5) is 0 Å². The maximum absolute atomic E-state index is 12.2. The van der Waals surface area contributed by atoms with Crippen LogP contribution in [0, 0.1) is 0 Å². The highest BCUT2D eigenvalue weighted by Gasteiger charge is 2.22. The Kier molecular flexibility index (Phi) is 33.7. The molecule has 9 nitrogen and oxygen atoms in total. The van der Waals surface area contributed by atoms with Crippen molar-refractivity contribution in [2.24, 2.45) is 0 Å². The smallest absolute Gasteiger partial charge is 0.306 e. The molecule has 0 aliphatic carbocycles. The van der Waals surface area contributed by atoms with Gasteiger partial charge in [0, 0.05) is 12.8 Å². The Bertz CT molecular complexity index is 700. The van der Waals surface area contributed by atoms with Crippen molar-refractivity contribution < 1.29 is 44.5 Å². The number of aliphatic hydroxyl groups is 1. The van der Waals surface area contributed by atoms with Crippen LogP contribution in [-0.4, -0.2) is 59.1 Å². The van der Waals surface area contributed by atoms with Crippen molar-refractivity contribution in [3.63, 3.8) is 0 Å². The van der Waals surface area contributed by atoms with Crippen LogP contribution in [0.15, 0.2) is 12.2 Å². The Hall–Kier alpha value is -1.52. The fourth-order valence-corrected chi connectivity index (χ4v) is 5.49. The molecule has 0 radical (unpaired) electrons. The number of allylic oxidation sites excluding steroid dienone is 1. The van der Waals surface area contributed by atoms with Crippen molar-refractivity contribution in [3.05, 3.63) is 12.2 Å². The van der Waals surface area contributed by atoms with Gasteiger partial charge in [-0.05, 0) is 38.5 Å². The van der Waals surface area contributed by atoms with Gasteiger partial charge in [0.2, 0.25) is 0 Å². The molecule has 3 N–H and O–H groups in total. The standard InChI is InChI=1S/C37H70O9/c1-3-5-7-9-11-12-13-14-15-16-17-21-25-29-36(39)43-32-33(31-38)44-37(40)30-26-22-18-20-24-28-35(46-42)34(45-41)27-23-19-10-8-6-4-2/h19,23,33-35,38,41-42H,3-18,20-22,24-32H2,1-2H3. The summed E-state index contributed by atoms with van der Waals surface area (Å²) in [6, 6.07) is 0. The monoisotopic (exact) mass is 659 g/mol. The van der Waals surface area contributed by atoms with Gasteiger partial charge in [0.15, 0.2) is 6.10 Å². The first kappa shape index (κ1) is 44.5. The van der Waals surface area contributed by atoms with Crippen LogP contribution in [0.1, 0.15) is 181 Å². The number of hydrogen-bond acceptors (Lipinski definition) is 9. The molecular formula is C37H70O9. The molecule has 0 amide bonds. The number of aliphatic hydroxyl groups excluding tert-OH is 1. The van der Waals surface area contributed by atoms with E-state index >= 15 is 0 Å². The minimum Gasteiger partial charge on any atom is -0.462 e. The van der Waals surface area contributed by atoms with Crippen LogP contribution in [0.5, 0.6) is 0 Å². The Morgan fingerprint density at radius 2 is 1.07 bits per heavy atom. The Labute approximate surface area is 280 Å². The van der Waals surface area contributed by atoms with Gasteiger partial charge in [-0.2, -0.15) is 0 Å². The summed E-state index contributed by atoms with van der Waals surface area (Å²) in [5, 5.41) is 28.0. The van der Waals surface area contributed by atoms with E-state index in [1.807, 2.05) is 6.08 Å². The molecule has 0 aromatic carbocycles. The van der Waals surface area contributed by atoms with Gasteiger partial charge in [-0.1, -0.05) is 142 Å². The minimum absolute atomic E-state index is 0.124. The molecule has 272 valence electrons. The third-order valence-corrected chi connectivity index (χ3v) is 8.48. The Morgan fingerprint density at radius 3 is 1.59 bits per heavy atom. The number of hydrogen-bond donors (Lipinski definition) is 3. The van der Waals surface area contributed by atoms with Gasteiger partial charge >= 0.3 is 11.9 Å². The largest absolute Gasteiger partial charge is 0.462 e. The summed E-state index contributed by atoms with van der Waals surface area (Å²) in [5.41, 5.74) is 0. The Balaban J connectivity index is 3.83. The molecule has 0 rings (SSSR count). The Morgan fingerprint density at radius 1 is 0.587 bits per heavy atom. The molecule has 0 heterocycles. The zero-order chi connectivity index (χ0) is 33.9. The molecule has 3 atom stereocenters. The van der Waals surface area contributed by atoms with Gasteiger partial charge in [0.05, 0.1) is 6.61 Å². The topological polar surface area (TPSA) is 132 Å². The van der Waals surface area contributed by atoms with Crippen LogP contribution in [0.2, 0.25) is 0 Å². The first-order valence-corrected chi connectivity index (χ1v) is 18.7. The molecule has 0 aromatic rings. The molecule has 0 aromatic heterocycles. The minimum atomic E-state index is -0.841. The maximum atomic E-state index is 12.2. The number of rotatable bonds is 35. The van der Waals surface area contributed by atoms with Crippen LogP contribution < -0.4 is 0 Å². The molecule has 3 unspecified atom stereocenters. The lowest BCUT2D eigenvalue weighted by Gasteiger charge is -2.20. The van der Waals surface area contributed by atoms with Gasteiger partial charge in [0.1, 0.15) is 18.8 Å². The van der Waals surface area contributed by atoms with Crippen LogP contribution in [0.25, 0.3) is 0 Å². The highest BCUT2D eigenvalue weighted by Crippen LogP contribution is 2.17. The molecule has 0 aliphatic rings. The van der Waals surface area contributed by atoms with E-state index < -0.39 is 24.3 Å². The maximum Gasteiger partial charge on any atom is 0.306 e. The van der Waals surface area contributed by atoms with E-state index in [4.69, 9.17) is 9.47 Å². The number of carbonyl (C=O) groups is 2. The highest BCUT2D eigenvalue weighted by atomic mass is 17.1. The average molecular weight is 659 g/mol. The number of ether oxygens (including phenoxy) is 2. The average Bonchev–Trinajstić information content (AvgIpc) is 3.06. The third-order valence-electron chi connectivity index (χ3n) is 8.48. The zero-order valence-electron chi connectivity index (χ0n) is 29.5. The molecule has 0 aliphatic heterocycles. The molecule has 0 saturated carbocycles. The lowest BCUT2D eigenvalue weighted by molar-refractivity contribution is -0.355. The number of unbranched alkanes of at least 4 members (excludes halogenated alkanes) is 19. The predicted molar refractivity (Wildman–Crippen MR) is 183 cm³/mol. The molecule has 46 heavy (non-hydrogen) atoms. The molecular weight excluding hydrogens is 588 g/mol. The van der Waals surface area contributed by atoms with Gasteiger partial charge in [0.25, 0.3) is 0 Å². The van der Waals surface area contributed by atoms with Crippen molar-refractivity contribution in [2.75, 3.05) is 13.2 Å². The molecule has 0 saturated heterocycles. The lowest BCUT2D eigenvalue weighted by atomic mass is 10.0. The summed E-state index contributed by atoms with van der Waals surface area (Å²) in [4.78, 5) is 33.4. The summed E-state index contributed by atoms with van der Waals surface area (Å²) >= 11 is 0. The van der Waals surface area contributed by atoms with E-state index in [0.717, 1.165) is 57.8 Å². The van der Waals surface area contributed by atoms with E-state index in [0.29, 0.717) is 25.7 Å². The lowest BCUT2D eigenvalue weighted by Crippen LogP contribution is -2.29. The van der Waals surface area contributed by atoms with Crippen LogP contribution >= 0.6 is 0 Å². The second-order valence-corrected chi connectivity index (χ2v) is 12.8. The SMILES string of the molecule is CCCCCC=CCC(OO)C(CCCCCCCC(=O)OC(CO)COC(=O)CCCCCCCCCCCCCCC)OO. The van der Waals surface area contributed by atoms with Crippen LogP contribution in [0.3, 0.4) is 0 Å².